The summed E-state index contributed by atoms with van der Waals surface area (Å²) in [6.07, 6.45) is -2.36. The summed E-state index contributed by atoms with van der Waals surface area (Å²) in [6, 6.07) is 0. The molecule has 0 radical (unpaired) electrons. The van der Waals surface area contributed by atoms with E-state index in [1.807, 2.05) is 6.92 Å². The fourth-order valence-corrected chi connectivity index (χ4v) is 1.82. The molecule has 1 aliphatic rings. The van der Waals surface area contributed by atoms with Crippen LogP contribution in [0, 0.1) is 0 Å². The van der Waals surface area contributed by atoms with Crippen molar-refractivity contribution >= 4 is 0 Å². The van der Waals surface area contributed by atoms with Crippen molar-refractivity contribution in [1.82, 2.24) is 0 Å². The van der Waals surface area contributed by atoms with Gasteiger partial charge in [-0.1, -0.05) is 19.8 Å². The molecule has 90 valence electrons. The average Bonchev–Trinajstić information content (AvgIpc) is 2.25. The molecule has 1 fully saturated rings. The Bertz CT molecular complexity index is 185. The SMILES string of the molecule is CCCCC1O[C@H](CO)[C@H](O)[C@H](O)[C@H]1O. The van der Waals surface area contributed by atoms with Crippen LogP contribution in [0.4, 0.5) is 0 Å². The molecule has 0 aromatic rings. The predicted molar refractivity (Wildman–Crippen MR) is 53.3 cm³/mol. The maximum atomic E-state index is 9.63. The summed E-state index contributed by atoms with van der Waals surface area (Å²) in [5, 5.41) is 37.5. The van der Waals surface area contributed by atoms with Crippen LogP contribution >= 0.6 is 0 Å². The normalized spacial score (nSPS) is 41.8. The fraction of sp³-hybridized carbons (Fsp3) is 1.00. The number of ether oxygens (including phenoxy) is 1. The molecule has 0 saturated carbocycles. The second-order valence-electron chi connectivity index (χ2n) is 4.01. The molecule has 1 rings (SSSR count). The monoisotopic (exact) mass is 220 g/mol. The summed E-state index contributed by atoms with van der Waals surface area (Å²) in [5.74, 6) is 0. The quantitative estimate of drug-likeness (QED) is 0.489. The van der Waals surface area contributed by atoms with E-state index in [0.29, 0.717) is 6.42 Å². The number of hydrogen-bond acceptors (Lipinski definition) is 5. The highest BCUT2D eigenvalue weighted by molar-refractivity contribution is 4.91. The Labute approximate surface area is 89.3 Å². The van der Waals surface area contributed by atoms with Crippen LogP contribution in [0.5, 0.6) is 0 Å². The van der Waals surface area contributed by atoms with E-state index >= 15 is 0 Å². The van der Waals surface area contributed by atoms with Gasteiger partial charge in [0.25, 0.3) is 0 Å². The van der Waals surface area contributed by atoms with E-state index in [9.17, 15) is 15.3 Å². The minimum Gasteiger partial charge on any atom is -0.394 e. The maximum absolute atomic E-state index is 9.63. The first-order chi connectivity index (χ1) is 7.11. The van der Waals surface area contributed by atoms with Crippen molar-refractivity contribution in [2.45, 2.75) is 56.7 Å². The van der Waals surface area contributed by atoms with Gasteiger partial charge >= 0.3 is 0 Å². The second kappa shape index (κ2) is 5.77. The number of hydrogen-bond donors (Lipinski definition) is 4. The summed E-state index contributed by atoms with van der Waals surface area (Å²) < 4.78 is 5.32. The molecule has 4 N–H and O–H groups in total. The molecule has 5 atom stereocenters. The Kier molecular flexibility index (Phi) is 4.95. The summed E-state index contributed by atoms with van der Waals surface area (Å²) >= 11 is 0. The van der Waals surface area contributed by atoms with Gasteiger partial charge in [-0.15, -0.1) is 0 Å². The van der Waals surface area contributed by atoms with E-state index in [0.717, 1.165) is 12.8 Å². The average molecular weight is 220 g/mol. The largest absolute Gasteiger partial charge is 0.394 e. The maximum Gasteiger partial charge on any atom is 0.111 e. The summed E-state index contributed by atoms with van der Waals surface area (Å²) in [4.78, 5) is 0. The van der Waals surface area contributed by atoms with Gasteiger partial charge in [-0.2, -0.15) is 0 Å². The third kappa shape index (κ3) is 2.89. The molecule has 0 aromatic carbocycles. The Morgan fingerprint density at radius 1 is 1.00 bits per heavy atom. The lowest BCUT2D eigenvalue weighted by Gasteiger charge is -2.40. The lowest BCUT2D eigenvalue weighted by Crippen LogP contribution is -2.58. The number of aliphatic hydroxyl groups is 4. The predicted octanol–water partition coefficient (Wildman–Crippen LogP) is -0.981. The van der Waals surface area contributed by atoms with Gasteiger partial charge in [-0.05, 0) is 6.42 Å². The molecule has 0 bridgehead atoms. The Balaban J connectivity index is 2.57. The molecular weight excluding hydrogens is 200 g/mol. The van der Waals surface area contributed by atoms with Gasteiger partial charge in [0.05, 0.1) is 12.7 Å². The molecule has 0 spiro atoms. The standard InChI is InChI=1S/C10H20O5/c1-2-3-4-6-8(12)10(14)9(13)7(5-11)15-6/h6-14H,2-5H2,1H3/t6?,7-,8+,9+,10-/m1/s1. The molecule has 1 unspecified atom stereocenters. The molecule has 1 heterocycles. The van der Waals surface area contributed by atoms with Gasteiger partial charge in [0.1, 0.15) is 24.4 Å². The first-order valence-electron chi connectivity index (χ1n) is 5.42. The third-order valence-electron chi connectivity index (χ3n) is 2.83. The highest BCUT2D eigenvalue weighted by Crippen LogP contribution is 2.24. The first-order valence-corrected chi connectivity index (χ1v) is 5.42. The van der Waals surface area contributed by atoms with Crippen molar-refractivity contribution in [3.8, 4) is 0 Å². The van der Waals surface area contributed by atoms with Gasteiger partial charge < -0.3 is 25.2 Å². The van der Waals surface area contributed by atoms with Crippen LogP contribution in [0.3, 0.4) is 0 Å². The molecule has 0 aliphatic carbocycles. The van der Waals surface area contributed by atoms with Crippen molar-refractivity contribution in [2.75, 3.05) is 6.61 Å². The molecule has 0 amide bonds. The minimum atomic E-state index is -1.24. The van der Waals surface area contributed by atoms with Crippen LogP contribution in [0.25, 0.3) is 0 Å². The van der Waals surface area contributed by atoms with Gasteiger partial charge in [0.2, 0.25) is 0 Å². The Morgan fingerprint density at radius 2 is 1.60 bits per heavy atom. The van der Waals surface area contributed by atoms with Gasteiger partial charge in [-0.25, -0.2) is 0 Å². The van der Waals surface area contributed by atoms with E-state index in [2.05, 4.69) is 0 Å². The summed E-state index contributed by atoms with van der Waals surface area (Å²) in [6.45, 7) is 1.66. The summed E-state index contributed by atoms with van der Waals surface area (Å²) in [5.41, 5.74) is 0. The van der Waals surface area contributed by atoms with Crippen LogP contribution in [0.15, 0.2) is 0 Å². The zero-order chi connectivity index (χ0) is 11.4. The highest BCUT2D eigenvalue weighted by atomic mass is 16.5. The van der Waals surface area contributed by atoms with E-state index in [1.54, 1.807) is 0 Å². The molecule has 1 aliphatic heterocycles. The third-order valence-corrected chi connectivity index (χ3v) is 2.83. The van der Waals surface area contributed by atoms with E-state index in [1.165, 1.54) is 0 Å². The molecular formula is C10H20O5. The second-order valence-corrected chi connectivity index (χ2v) is 4.01. The summed E-state index contributed by atoms with van der Waals surface area (Å²) in [7, 11) is 0. The smallest absolute Gasteiger partial charge is 0.111 e. The molecule has 1 saturated heterocycles. The minimum absolute atomic E-state index is 0.354. The van der Waals surface area contributed by atoms with Crippen molar-refractivity contribution in [2.24, 2.45) is 0 Å². The number of aliphatic hydroxyl groups excluding tert-OH is 4. The fourth-order valence-electron chi connectivity index (χ4n) is 1.82. The van der Waals surface area contributed by atoms with Crippen molar-refractivity contribution in [3.63, 3.8) is 0 Å². The van der Waals surface area contributed by atoms with Crippen LogP contribution in [-0.2, 0) is 4.74 Å². The van der Waals surface area contributed by atoms with Crippen LogP contribution in [-0.4, -0.2) is 57.6 Å². The first kappa shape index (κ1) is 12.9. The van der Waals surface area contributed by atoms with Crippen LogP contribution in [0.1, 0.15) is 26.2 Å². The van der Waals surface area contributed by atoms with Crippen LogP contribution in [0.2, 0.25) is 0 Å². The molecule has 0 aromatic heterocycles. The topological polar surface area (TPSA) is 90.2 Å². The number of rotatable bonds is 4. The van der Waals surface area contributed by atoms with E-state index < -0.39 is 30.5 Å². The van der Waals surface area contributed by atoms with Crippen LogP contribution < -0.4 is 0 Å². The van der Waals surface area contributed by atoms with E-state index in [-0.39, 0.29) is 6.61 Å². The van der Waals surface area contributed by atoms with Gasteiger partial charge in [0.15, 0.2) is 0 Å². The lowest BCUT2D eigenvalue weighted by molar-refractivity contribution is -0.230. The molecule has 5 heteroatoms. The van der Waals surface area contributed by atoms with Crippen molar-refractivity contribution in [1.29, 1.82) is 0 Å². The van der Waals surface area contributed by atoms with Gasteiger partial charge in [-0.3, -0.25) is 0 Å². The highest BCUT2D eigenvalue weighted by Gasteiger charge is 2.42. The van der Waals surface area contributed by atoms with E-state index in [4.69, 9.17) is 9.84 Å². The van der Waals surface area contributed by atoms with Crippen molar-refractivity contribution in [3.05, 3.63) is 0 Å². The van der Waals surface area contributed by atoms with Crippen molar-refractivity contribution < 1.29 is 25.2 Å². The Hall–Kier alpha value is -0.200. The zero-order valence-electron chi connectivity index (χ0n) is 8.91. The number of unbranched alkanes of at least 4 members (excludes halogenated alkanes) is 1. The Morgan fingerprint density at radius 3 is 2.13 bits per heavy atom. The zero-order valence-corrected chi connectivity index (χ0v) is 8.91. The molecule has 15 heavy (non-hydrogen) atoms. The van der Waals surface area contributed by atoms with Gasteiger partial charge in [0, 0.05) is 0 Å². The lowest BCUT2D eigenvalue weighted by atomic mass is 9.92. The molecule has 5 nitrogen and oxygen atoms in total.